The van der Waals surface area contributed by atoms with E-state index < -0.39 is 11.9 Å². The Hall–Kier alpha value is -2.57. The van der Waals surface area contributed by atoms with E-state index in [0.29, 0.717) is 36.8 Å². The van der Waals surface area contributed by atoms with Crippen molar-refractivity contribution < 1.29 is 19.4 Å². The minimum absolute atomic E-state index is 0.0978. The van der Waals surface area contributed by atoms with Crippen LogP contribution in [0.25, 0.3) is 0 Å². The molecule has 1 atom stereocenters. The predicted molar refractivity (Wildman–Crippen MR) is 104 cm³/mol. The van der Waals surface area contributed by atoms with E-state index in [1.165, 1.54) is 12.1 Å². The largest absolute Gasteiger partial charge is 0.507 e. The number of phenolic OH excluding ortho intramolecular Hbond substituents is 1. The van der Waals surface area contributed by atoms with Gasteiger partial charge in [0.1, 0.15) is 11.8 Å². The normalized spacial score (nSPS) is 11.6. The molecule has 2 rings (SSSR count). The summed E-state index contributed by atoms with van der Waals surface area (Å²) in [5.41, 5.74) is 0.686. The summed E-state index contributed by atoms with van der Waals surface area (Å²) >= 11 is 5.92. The molecule has 0 radical (unpaired) electrons. The Kier molecular flexibility index (Phi) is 8.10. The van der Waals surface area contributed by atoms with Gasteiger partial charge in [0, 0.05) is 24.8 Å². The molecule has 27 heavy (non-hydrogen) atoms. The lowest BCUT2D eigenvalue weighted by atomic mass is 10.0. The summed E-state index contributed by atoms with van der Waals surface area (Å²) in [5, 5.41) is 15.9. The molecule has 0 aliphatic rings. The number of carbonyl (C=O) groups is 2. The van der Waals surface area contributed by atoms with Crippen LogP contribution in [0.2, 0.25) is 5.02 Å². The van der Waals surface area contributed by atoms with Gasteiger partial charge in [-0.25, -0.2) is 0 Å². The Bertz CT molecular complexity index is 765. The van der Waals surface area contributed by atoms with Crippen LogP contribution in [0.3, 0.4) is 0 Å². The highest BCUT2D eigenvalue weighted by Crippen LogP contribution is 2.20. The Labute approximate surface area is 163 Å². The van der Waals surface area contributed by atoms with E-state index in [1.807, 2.05) is 6.92 Å². The summed E-state index contributed by atoms with van der Waals surface area (Å²) in [4.78, 5) is 25.2. The van der Waals surface area contributed by atoms with Gasteiger partial charge in [-0.05, 0) is 43.2 Å². The van der Waals surface area contributed by atoms with E-state index in [0.717, 1.165) is 0 Å². The average molecular weight is 391 g/mol. The topological polar surface area (TPSA) is 87.7 Å². The smallest absolute Gasteiger partial charge is 0.255 e. The van der Waals surface area contributed by atoms with Gasteiger partial charge in [-0.3, -0.25) is 9.59 Å². The number of rotatable bonds is 9. The van der Waals surface area contributed by atoms with Gasteiger partial charge in [0.25, 0.3) is 5.91 Å². The molecule has 0 fully saturated rings. The molecule has 2 amide bonds. The van der Waals surface area contributed by atoms with Crippen LogP contribution >= 0.6 is 11.6 Å². The third-order valence-corrected chi connectivity index (χ3v) is 4.11. The van der Waals surface area contributed by atoms with Gasteiger partial charge >= 0.3 is 0 Å². The van der Waals surface area contributed by atoms with Gasteiger partial charge in [0.2, 0.25) is 5.91 Å². The van der Waals surface area contributed by atoms with Crippen LogP contribution in [0.15, 0.2) is 48.5 Å². The first kappa shape index (κ1) is 20.7. The van der Waals surface area contributed by atoms with E-state index in [-0.39, 0.29) is 17.2 Å². The molecule has 0 aromatic heterocycles. The van der Waals surface area contributed by atoms with Crippen molar-refractivity contribution in [2.45, 2.75) is 19.4 Å². The molecule has 2 aromatic carbocycles. The van der Waals surface area contributed by atoms with Crippen molar-refractivity contribution in [2.75, 3.05) is 19.8 Å². The van der Waals surface area contributed by atoms with Crippen LogP contribution in [-0.2, 0) is 9.53 Å². The molecule has 7 heteroatoms. The molecule has 0 unspecified atom stereocenters. The van der Waals surface area contributed by atoms with Crippen molar-refractivity contribution in [1.29, 1.82) is 0 Å². The predicted octanol–water partition coefficient (Wildman–Crippen LogP) is 3.06. The molecule has 0 heterocycles. The van der Waals surface area contributed by atoms with E-state index in [4.69, 9.17) is 16.3 Å². The zero-order chi connectivity index (χ0) is 19.6. The van der Waals surface area contributed by atoms with Crippen LogP contribution < -0.4 is 10.6 Å². The van der Waals surface area contributed by atoms with Crippen molar-refractivity contribution >= 4 is 23.4 Å². The number of hydrogen-bond acceptors (Lipinski definition) is 4. The number of ether oxygens (including phenoxy) is 1. The summed E-state index contributed by atoms with van der Waals surface area (Å²) in [6.45, 7) is 3.50. The Morgan fingerprint density at radius 3 is 2.52 bits per heavy atom. The monoisotopic (exact) mass is 390 g/mol. The number of amides is 2. The van der Waals surface area contributed by atoms with Crippen molar-refractivity contribution in [3.8, 4) is 5.75 Å². The van der Waals surface area contributed by atoms with Gasteiger partial charge < -0.3 is 20.5 Å². The molecule has 2 aromatic rings. The molecule has 0 bridgehead atoms. The molecular weight excluding hydrogens is 368 g/mol. The van der Waals surface area contributed by atoms with E-state index in [1.54, 1.807) is 36.4 Å². The van der Waals surface area contributed by atoms with E-state index in [9.17, 15) is 14.7 Å². The number of benzene rings is 2. The standard InChI is InChI=1S/C20H23ClN2O4/c1-2-27-13-5-12-22-20(26)18(14-8-10-15(21)11-9-14)23-19(25)16-6-3-4-7-17(16)24/h3-4,6-11,18,24H,2,5,12-13H2,1H3,(H,22,26)(H,23,25)/t18-/m0/s1. The third-order valence-electron chi connectivity index (χ3n) is 3.86. The second-order valence-electron chi connectivity index (χ2n) is 5.82. The Morgan fingerprint density at radius 1 is 1.15 bits per heavy atom. The first-order valence-corrected chi connectivity index (χ1v) is 9.10. The summed E-state index contributed by atoms with van der Waals surface area (Å²) in [6.07, 6.45) is 0.667. The number of halogens is 1. The third kappa shape index (κ3) is 6.27. The molecule has 3 N–H and O–H groups in total. The van der Waals surface area contributed by atoms with Crippen molar-refractivity contribution in [2.24, 2.45) is 0 Å². The molecule has 144 valence electrons. The minimum Gasteiger partial charge on any atom is -0.507 e. The summed E-state index contributed by atoms with van der Waals surface area (Å²) < 4.78 is 5.25. The van der Waals surface area contributed by atoms with Crippen molar-refractivity contribution in [1.82, 2.24) is 10.6 Å². The number of para-hydroxylation sites is 1. The summed E-state index contributed by atoms with van der Waals surface area (Å²) in [6, 6.07) is 11.9. The number of phenols is 1. The summed E-state index contributed by atoms with van der Waals surface area (Å²) in [7, 11) is 0. The first-order chi connectivity index (χ1) is 13.0. The first-order valence-electron chi connectivity index (χ1n) is 8.72. The molecule has 0 saturated heterocycles. The average Bonchev–Trinajstić information content (AvgIpc) is 2.67. The van der Waals surface area contributed by atoms with Crippen LogP contribution in [0, 0.1) is 0 Å². The van der Waals surface area contributed by atoms with E-state index in [2.05, 4.69) is 10.6 Å². The van der Waals surface area contributed by atoms with Crippen LogP contribution in [0.5, 0.6) is 5.75 Å². The lowest BCUT2D eigenvalue weighted by Gasteiger charge is -2.19. The highest BCUT2D eigenvalue weighted by atomic mass is 35.5. The lowest BCUT2D eigenvalue weighted by Crippen LogP contribution is -2.41. The molecule has 0 aliphatic heterocycles. The maximum atomic E-state index is 12.7. The highest BCUT2D eigenvalue weighted by Gasteiger charge is 2.24. The fourth-order valence-electron chi connectivity index (χ4n) is 2.46. The van der Waals surface area contributed by atoms with Crippen LogP contribution in [0.4, 0.5) is 0 Å². The van der Waals surface area contributed by atoms with Crippen LogP contribution in [-0.4, -0.2) is 36.7 Å². The minimum atomic E-state index is -0.915. The van der Waals surface area contributed by atoms with Gasteiger partial charge in [0.15, 0.2) is 0 Å². The Balaban J connectivity index is 2.12. The van der Waals surface area contributed by atoms with Gasteiger partial charge in [-0.15, -0.1) is 0 Å². The molecule has 0 spiro atoms. The molecule has 0 saturated carbocycles. The molecule has 6 nitrogen and oxygen atoms in total. The second kappa shape index (κ2) is 10.5. The SMILES string of the molecule is CCOCCCNC(=O)[C@@H](NC(=O)c1ccccc1O)c1ccc(Cl)cc1. The highest BCUT2D eigenvalue weighted by molar-refractivity contribution is 6.30. The van der Waals surface area contributed by atoms with Crippen molar-refractivity contribution in [3.05, 3.63) is 64.7 Å². The fourth-order valence-corrected chi connectivity index (χ4v) is 2.59. The summed E-state index contributed by atoms with van der Waals surface area (Å²) in [5.74, 6) is -1.04. The molecular formula is C20H23ClN2O4. The van der Waals surface area contributed by atoms with Gasteiger partial charge in [-0.2, -0.15) is 0 Å². The lowest BCUT2D eigenvalue weighted by molar-refractivity contribution is -0.123. The number of hydrogen-bond donors (Lipinski definition) is 3. The second-order valence-corrected chi connectivity index (χ2v) is 6.25. The zero-order valence-corrected chi connectivity index (χ0v) is 15.8. The van der Waals surface area contributed by atoms with Gasteiger partial charge in [0.05, 0.1) is 5.56 Å². The Morgan fingerprint density at radius 2 is 1.85 bits per heavy atom. The maximum absolute atomic E-state index is 12.7. The van der Waals surface area contributed by atoms with Crippen molar-refractivity contribution in [3.63, 3.8) is 0 Å². The fraction of sp³-hybridized carbons (Fsp3) is 0.300. The molecule has 0 aliphatic carbocycles. The van der Waals surface area contributed by atoms with Crippen LogP contribution in [0.1, 0.15) is 35.3 Å². The van der Waals surface area contributed by atoms with E-state index >= 15 is 0 Å². The maximum Gasteiger partial charge on any atom is 0.255 e. The number of carbonyl (C=O) groups excluding carboxylic acids is 2. The number of nitrogens with one attached hydrogen (secondary N) is 2. The quantitative estimate of drug-likeness (QED) is 0.574. The number of aromatic hydroxyl groups is 1. The van der Waals surface area contributed by atoms with Gasteiger partial charge in [-0.1, -0.05) is 35.9 Å². The zero-order valence-electron chi connectivity index (χ0n) is 15.1.